The fourth-order valence-electron chi connectivity index (χ4n) is 2.22. The standard InChI is InChI=1S/C16H26FN3O.ClH/c1-5-8-16(2,18)15(21)19-10-12-6-7-14(17)13(9-12)11-20(3)4;/h6-7,9H,5,8,10-11,18H2,1-4H3,(H,19,21);1H. The van der Waals surface area contributed by atoms with Gasteiger partial charge in [-0.3, -0.25) is 4.79 Å². The molecular weight excluding hydrogens is 305 g/mol. The van der Waals surface area contributed by atoms with E-state index in [1.165, 1.54) is 6.07 Å². The average Bonchev–Trinajstić information content (AvgIpc) is 2.38. The SMILES string of the molecule is CCCC(C)(N)C(=O)NCc1ccc(F)c(CN(C)C)c1.Cl. The van der Waals surface area contributed by atoms with Crippen LogP contribution in [0.4, 0.5) is 4.39 Å². The Morgan fingerprint density at radius 2 is 2.05 bits per heavy atom. The minimum atomic E-state index is -0.860. The second-order valence-electron chi connectivity index (χ2n) is 6.01. The number of nitrogens with one attached hydrogen (secondary N) is 1. The summed E-state index contributed by atoms with van der Waals surface area (Å²) >= 11 is 0. The molecule has 4 nitrogen and oxygen atoms in total. The van der Waals surface area contributed by atoms with Crippen molar-refractivity contribution in [3.05, 3.63) is 35.1 Å². The zero-order valence-corrected chi connectivity index (χ0v) is 14.6. The second-order valence-corrected chi connectivity index (χ2v) is 6.01. The summed E-state index contributed by atoms with van der Waals surface area (Å²) in [5, 5.41) is 2.82. The molecular formula is C16H27ClFN3O. The van der Waals surface area contributed by atoms with Crippen LogP contribution in [0, 0.1) is 5.82 Å². The number of hydrogen-bond acceptors (Lipinski definition) is 3. The molecule has 0 heterocycles. The molecule has 0 aliphatic rings. The minimum Gasteiger partial charge on any atom is -0.350 e. The van der Waals surface area contributed by atoms with E-state index in [4.69, 9.17) is 5.73 Å². The van der Waals surface area contributed by atoms with E-state index < -0.39 is 5.54 Å². The lowest BCUT2D eigenvalue weighted by molar-refractivity contribution is -0.126. The molecule has 0 fully saturated rings. The van der Waals surface area contributed by atoms with E-state index >= 15 is 0 Å². The van der Waals surface area contributed by atoms with Gasteiger partial charge in [0.15, 0.2) is 0 Å². The van der Waals surface area contributed by atoms with E-state index in [1.54, 1.807) is 19.1 Å². The Morgan fingerprint density at radius 3 is 2.59 bits per heavy atom. The van der Waals surface area contributed by atoms with Gasteiger partial charge < -0.3 is 16.0 Å². The van der Waals surface area contributed by atoms with Gasteiger partial charge in [-0.25, -0.2) is 4.39 Å². The molecule has 1 aromatic rings. The summed E-state index contributed by atoms with van der Waals surface area (Å²) in [6, 6.07) is 4.90. The van der Waals surface area contributed by atoms with Crippen molar-refractivity contribution in [2.75, 3.05) is 14.1 Å². The molecule has 0 aromatic heterocycles. The highest BCUT2D eigenvalue weighted by molar-refractivity contribution is 5.85. The van der Waals surface area contributed by atoms with E-state index in [2.05, 4.69) is 5.32 Å². The highest BCUT2D eigenvalue weighted by Crippen LogP contribution is 2.13. The number of halogens is 2. The summed E-state index contributed by atoms with van der Waals surface area (Å²) in [5.41, 5.74) is 6.61. The molecule has 22 heavy (non-hydrogen) atoms. The van der Waals surface area contributed by atoms with E-state index in [0.29, 0.717) is 25.1 Å². The minimum absolute atomic E-state index is 0. The van der Waals surface area contributed by atoms with Gasteiger partial charge in [0, 0.05) is 18.7 Å². The third-order valence-electron chi connectivity index (χ3n) is 3.34. The zero-order chi connectivity index (χ0) is 16.0. The van der Waals surface area contributed by atoms with Crippen molar-refractivity contribution in [1.82, 2.24) is 10.2 Å². The van der Waals surface area contributed by atoms with E-state index in [-0.39, 0.29) is 24.1 Å². The molecule has 0 bridgehead atoms. The number of amides is 1. The lowest BCUT2D eigenvalue weighted by Crippen LogP contribution is -2.51. The molecule has 1 rings (SSSR count). The number of rotatable bonds is 7. The van der Waals surface area contributed by atoms with Crippen LogP contribution in [0.1, 0.15) is 37.8 Å². The predicted molar refractivity (Wildman–Crippen MR) is 90.4 cm³/mol. The first-order valence-corrected chi connectivity index (χ1v) is 7.25. The third kappa shape index (κ3) is 6.30. The Kier molecular flexibility index (Phi) is 8.60. The smallest absolute Gasteiger partial charge is 0.240 e. The van der Waals surface area contributed by atoms with Crippen molar-refractivity contribution in [2.24, 2.45) is 5.73 Å². The summed E-state index contributed by atoms with van der Waals surface area (Å²) in [5.74, 6) is -0.406. The van der Waals surface area contributed by atoms with Gasteiger partial charge in [0.25, 0.3) is 0 Å². The highest BCUT2D eigenvalue weighted by Gasteiger charge is 2.26. The number of benzene rings is 1. The van der Waals surface area contributed by atoms with Crippen LogP contribution in [0.3, 0.4) is 0 Å². The van der Waals surface area contributed by atoms with Gasteiger partial charge in [-0.1, -0.05) is 19.4 Å². The van der Waals surface area contributed by atoms with Crippen LogP contribution >= 0.6 is 12.4 Å². The molecule has 0 aliphatic carbocycles. The van der Waals surface area contributed by atoms with Crippen molar-refractivity contribution in [3.8, 4) is 0 Å². The van der Waals surface area contributed by atoms with Gasteiger partial charge >= 0.3 is 0 Å². The van der Waals surface area contributed by atoms with Crippen molar-refractivity contribution >= 4 is 18.3 Å². The van der Waals surface area contributed by atoms with Gasteiger partial charge in [0.1, 0.15) is 5.82 Å². The highest BCUT2D eigenvalue weighted by atomic mass is 35.5. The van der Waals surface area contributed by atoms with Crippen LogP contribution < -0.4 is 11.1 Å². The Morgan fingerprint density at radius 1 is 1.41 bits per heavy atom. The maximum Gasteiger partial charge on any atom is 0.240 e. The maximum atomic E-state index is 13.7. The molecule has 1 amide bonds. The first kappa shape index (κ1) is 20.8. The third-order valence-corrected chi connectivity index (χ3v) is 3.34. The Balaban J connectivity index is 0.00000441. The maximum absolute atomic E-state index is 13.7. The molecule has 0 radical (unpaired) electrons. The number of carbonyl (C=O) groups excluding carboxylic acids is 1. The summed E-state index contributed by atoms with van der Waals surface area (Å²) in [4.78, 5) is 13.9. The Bertz CT molecular complexity index is 492. The van der Waals surface area contributed by atoms with Crippen molar-refractivity contribution in [2.45, 2.75) is 45.3 Å². The first-order valence-electron chi connectivity index (χ1n) is 7.25. The fourth-order valence-corrected chi connectivity index (χ4v) is 2.22. The largest absolute Gasteiger partial charge is 0.350 e. The number of hydrogen-bond donors (Lipinski definition) is 2. The van der Waals surface area contributed by atoms with E-state index in [9.17, 15) is 9.18 Å². The molecule has 3 N–H and O–H groups in total. The van der Waals surface area contributed by atoms with Crippen LogP contribution in [-0.2, 0) is 17.9 Å². The zero-order valence-electron chi connectivity index (χ0n) is 13.8. The number of nitrogens with two attached hydrogens (primary N) is 1. The fraction of sp³-hybridized carbons (Fsp3) is 0.562. The summed E-state index contributed by atoms with van der Waals surface area (Å²) in [6.45, 7) is 4.61. The van der Waals surface area contributed by atoms with Crippen molar-refractivity contribution in [3.63, 3.8) is 0 Å². The lowest BCUT2D eigenvalue weighted by Gasteiger charge is -2.23. The topological polar surface area (TPSA) is 58.4 Å². The number of nitrogens with zero attached hydrogens (tertiary/aromatic N) is 1. The molecule has 1 unspecified atom stereocenters. The van der Waals surface area contributed by atoms with Crippen molar-refractivity contribution in [1.29, 1.82) is 0 Å². The molecule has 0 spiro atoms. The van der Waals surface area contributed by atoms with Crippen LogP contribution in [-0.4, -0.2) is 30.4 Å². The van der Waals surface area contributed by atoms with Gasteiger partial charge in [0.2, 0.25) is 5.91 Å². The second kappa shape index (κ2) is 9.08. The quantitative estimate of drug-likeness (QED) is 0.807. The summed E-state index contributed by atoms with van der Waals surface area (Å²) in [7, 11) is 3.77. The van der Waals surface area contributed by atoms with Gasteiger partial charge in [0.05, 0.1) is 5.54 Å². The monoisotopic (exact) mass is 331 g/mol. The summed E-state index contributed by atoms with van der Waals surface area (Å²) in [6.07, 6.45) is 1.48. The van der Waals surface area contributed by atoms with E-state index in [0.717, 1.165) is 12.0 Å². The molecule has 0 aliphatic heterocycles. The molecule has 126 valence electrons. The Labute approximate surface area is 138 Å². The average molecular weight is 332 g/mol. The van der Waals surface area contributed by atoms with E-state index in [1.807, 2.05) is 25.9 Å². The summed E-state index contributed by atoms with van der Waals surface area (Å²) < 4.78 is 13.7. The molecule has 1 aromatic carbocycles. The van der Waals surface area contributed by atoms with Crippen LogP contribution in [0.25, 0.3) is 0 Å². The van der Waals surface area contributed by atoms with Gasteiger partial charge in [-0.2, -0.15) is 0 Å². The van der Waals surface area contributed by atoms with Gasteiger partial charge in [-0.15, -0.1) is 12.4 Å². The molecule has 0 saturated carbocycles. The molecule has 1 atom stereocenters. The van der Waals surface area contributed by atoms with Gasteiger partial charge in [-0.05, 0) is 45.1 Å². The van der Waals surface area contributed by atoms with Crippen LogP contribution in [0.15, 0.2) is 18.2 Å². The predicted octanol–water partition coefficient (Wildman–Crippen LogP) is 2.44. The molecule has 0 saturated heterocycles. The van der Waals surface area contributed by atoms with Crippen molar-refractivity contribution < 1.29 is 9.18 Å². The number of carbonyl (C=O) groups is 1. The van der Waals surface area contributed by atoms with Crippen LogP contribution in [0.5, 0.6) is 0 Å². The first-order chi connectivity index (χ1) is 9.76. The molecule has 6 heteroatoms. The lowest BCUT2D eigenvalue weighted by atomic mass is 9.96. The Hall–Kier alpha value is -1.17. The van der Waals surface area contributed by atoms with Crippen LogP contribution in [0.2, 0.25) is 0 Å². The normalized spacial score (nSPS) is 13.4.